The lowest BCUT2D eigenvalue weighted by atomic mass is 10.0. The summed E-state index contributed by atoms with van der Waals surface area (Å²) in [6.07, 6.45) is -2.58. The first-order valence-electron chi connectivity index (χ1n) is 4.55. The quantitative estimate of drug-likeness (QED) is 0.566. The van der Waals surface area contributed by atoms with Crippen molar-refractivity contribution >= 4 is 0 Å². The third kappa shape index (κ3) is 3.30. The normalized spacial score (nSPS) is 14.6. The van der Waals surface area contributed by atoms with Crippen LogP contribution in [0.1, 0.15) is 17.2 Å². The second-order valence-corrected chi connectivity index (χ2v) is 3.44. The average Bonchev–Trinajstić information content (AvgIpc) is 2.17. The van der Waals surface area contributed by atoms with Gasteiger partial charge < -0.3 is 10.2 Å². The summed E-state index contributed by atoms with van der Waals surface area (Å²) >= 11 is 0. The van der Waals surface area contributed by atoms with Crippen molar-refractivity contribution in [3.8, 4) is 0 Å². The Balaban J connectivity index is 2.71. The molecule has 0 bridgehead atoms. The molecule has 0 amide bonds. The molecule has 1 aromatic carbocycles. The van der Waals surface area contributed by atoms with Gasteiger partial charge in [-0.05, 0) is 12.5 Å². The maximum absolute atomic E-state index is 10.1. The Bertz CT molecular complexity index is 336. The number of aryl methyl sites for hydroxylation is 1. The Labute approximate surface area is 87.1 Å². The Kier molecular flexibility index (Phi) is 3.76. The highest BCUT2D eigenvalue weighted by molar-refractivity contribution is 5.23. The Hall–Kier alpha value is -1.46. The summed E-state index contributed by atoms with van der Waals surface area (Å²) in [5.74, 6) is 0. The second-order valence-electron chi connectivity index (χ2n) is 3.44. The van der Waals surface area contributed by atoms with Crippen LogP contribution in [0.5, 0.6) is 0 Å². The lowest BCUT2D eigenvalue weighted by Gasteiger charge is -2.14. The van der Waals surface area contributed by atoms with Gasteiger partial charge in [0.15, 0.2) is 0 Å². The Morgan fingerprint density at radius 2 is 1.87 bits per heavy atom. The molecule has 0 fully saturated rings. The molecule has 0 aliphatic carbocycles. The molecule has 0 saturated heterocycles. The molecule has 0 saturated carbocycles. The fourth-order valence-corrected chi connectivity index (χ4v) is 1.24. The summed E-state index contributed by atoms with van der Waals surface area (Å²) in [5.41, 5.74) is 1.50. The summed E-state index contributed by atoms with van der Waals surface area (Å²) in [6.45, 7) is 1.23. The molecule has 5 nitrogen and oxygen atoms in total. The van der Waals surface area contributed by atoms with Gasteiger partial charge in [0, 0.05) is 4.92 Å². The number of aliphatic hydroxyl groups excluding tert-OH is 2. The number of nitro groups is 1. The number of hydrogen-bond donors (Lipinski definition) is 2. The molecule has 0 aromatic heterocycles. The molecule has 0 aliphatic heterocycles. The van der Waals surface area contributed by atoms with E-state index in [4.69, 9.17) is 0 Å². The lowest BCUT2D eigenvalue weighted by molar-refractivity contribution is -0.493. The highest BCUT2D eigenvalue weighted by Crippen LogP contribution is 2.17. The zero-order chi connectivity index (χ0) is 11.4. The van der Waals surface area contributed by atoms with Gasteiger partial charge >= 0.3 is 0 Å². The monoisotopic (exact) mass is 211 g/mol. The molecule has 2 N–H and O–H groups in total. The van der Waals surface area contributed by atoms with E-state index in [9.17, 15) is 20.3 Å². The molecule has 0 heterocycles. The molecule has 1 aromatic rings. The summed E-state index contributed by atoms with van der Waals surface area (Å²) < 4.78 is 0. The molecular formula is C10H13NO4. The molecule has 0 spiro atoms. The van der Waals surface area contributed by atoms with Crippen molar-refractivity contribution in [2.24, 2.45) is 0 Å². The first kappa shape index (κ1) is 11.6. The van der Waals surface area contributed by atoms with Crippen molar-refractivity contribution in [3.05, 3.63) is 45.5 Å². The van der Waals surface area contributed by atoms with E-state index < -0.39 is 23.7 Å². The van der Waals surface area contributed by atoms with Crippen LogP contribution in [0.2, 0.25) is 0 Å². The van der Waals surface area contributed by atoms with E-state index in [0.29, 0.717) is 5.56 Å². The zero-order valence-corrected chi connectivity index (χ0v) is 8.33. The zero-order valence-electron chi connectivity index (χ0n) is 8.33. The van der Waals surface area contributed by atoms with Crippen LogP contribution in [0.25, 0.3) is 0 Å². The van der Waals surface area contributed by atoms with Crippen LogP contribution in [0, 0.1) is 17.0 Å². The highest BCUT2D eigenvalue weighted by Gasteiger charge is 2.22. The molecular weight excluding hydrogens is 198 g/mol. The third-order valence-electron chi connectivity index (χ3n) is 2.12. The van der Waals surface area contributed by atoms with Crippen LogP contribution in [-0.2, 0) is 0 Å². The predicted molar refractivity (Wildman–Crippen MR) is 54.0 cm³/mol. The minimum absolute atomic E-state index is 0.481. The van der Waals surface area contributed by atoms with E-state index in [0.717, 1.165) is 5.56 Å². The number of hydrogen-bond acceptors (Lipinski definition) is 4. The maximum Gasteiger partial charge on any atom is 0.232 e. The summed E-state index contributed by atoms with van der Waals surface area (Å²) in [6, 6.07) is 6.83. The van der Waals surface area contributed by atoms with Gasteiger partial charge in [0.05, 0.1) is 0 Å². The first-order chi connectivity index (χ1) is 7.00. The summed E-state index contributed by atoms with van der Waals surface area (Å²) in [7, 11) is 0. The molecule has 2 unspecified atom stereocenters. The van der Waals surface area contributed by atoms with Crippen LogP contribution < -0.4 is 0 Å². The standard InChI is InChI=1S/C10H13NO4/c1-7-2-4-8(5-3-7)10(13)9(12)6-11(14)15/h2-5,9-10,12-13H,6H2,1H3. The molecule has 2 atom stereocenters. The summed E-state index contributed by atoms with van der Waals surface area (Å²) in [5, 5.41) is 29.0. The predicted octanol–water partition coefficient (Wildman–Crippen LogP) is 0.666. The van der Waals surface area contributed by atoms with Crippen molar-refractivity contribution in [1.82, 2.24) is 0 Å². The smallest absolute Gasteiger partial charge is 0.232 e. The van der Waals surface area contributed by atoms with E-state index in [1.165, 1.54) is 0 Å². The molecule has 82 valence electrons. The molecule has 0 radical (unpaired) electrons. The fraction of sp³-hybridized carbons (Fsp3) is 0.400. The van der Waals surface area contributed by atoms with E-state index in [2.05, 4.69) is 0 Å². The van der Waals surface area contributed by atoms with Crippen LogP contribution in [0.3, 0.4) is 0 Å². The minimum Gasteiger partial charge on any atom is -0.385 e. The van der Waals surface area contributed by atoms with Crippen LogP contribution in [-0.4, -0.2) is 27.8 Å². The van der Waals surface area contributed by atoms with Gasteiger partial charge in [0.25, 0.3) is 0 Å². The largest absolute Gasteiger partial charge is 0.385 e. The van der Waals surface area contributed by atoms with Gasteiger partial charge in [0.1, 0.15) is 12.2 Å². The topological polar surface area (TPSA) is 83.6 Å². The maximum atomic E-state index is 10.1. The van der Waals surface area contributed by atoms with Gasteiger partial charge in [-0.25, -0.2) is 0 Å². The number of nitrogens with zero attached hydrogens (tertiary/aromatic N) is 1. The first-order valence-corrected chi connectivity index (χ1v) is 4.55. The van der Waals surface area contributed by atoms with Gasteiger partial charge in [0.2, 0.25) is 6.54 Å². The lowest BCUT2D eigenvalue weighted by Crippen LogP contribution is -2.26. The van der Waals surface area contributed by atoms with Crippen molar-refractivity contribution in [2.45, 2.75) is 19.1 Å². The minimum atomic E-state index is -1.37. The van der Waals surface area contributed by atoms with Crippen molar-refractivity contribution in [3.63, 3.8) is 0 Å². The Morgan fingerprint density at radius 3 is 2.33 bits per heavy atom. The molecule has 5 heteroatoms. The van der Waals surface area contributed by atoms with E-state index in [-0.39, 0.29) is 0 Å². The third-order valence-corrected chi connectivity index (χ3v) is 2.12. The summed E-state index contributed by atoms with van der Waals surface area (Å²) in [4.78, 5) is 9.48. The van der Waals surface area contributed by atoms with Crippen molar-refractivity contribution in [1.29, 1.82) is 0 Å². The average molecular weight is 211 g/mol. The number of rotatable bonds is 4. The van der Waals surface area contributed by atoms with Crippen LogP contribution in [0.15, 0.2) is 24.3 Å². The van der Waals surface area contributed by atoms with Gasteiger partial charge in [-0.2, -0.15) is 0 Å². The van der Waals surface area contributed by atoms with Crippen LogP contribution >= 0.6 is 0 Å². The fourth-order valence-electron chi connectivity index (χ4n) is 1.24. The second kappa shape index (κ2) is 4.86. The van der Waals surface area contributed by atoms with Crippen LogP contribution in [0.4, 0.5) is 0 Å². The highest BCUT2D eigenvalue weighted by atomic mass is 16.6. The van der Waals surface area contributed by atoms with Gasteiger partial charge in [-0.1, -0.05) is 29.8 Å². The van der Waals surface area contributed by atoms with Crippen molar-refractivity contribution < 1.29 is 15.1 Å². The molecule has 15 heavy (non-hydrogen) atoms. The van der Waals surface area contributed by atoms with Gasteiger partial charge in [-0.15, -0.1) is 0 Å². The molecule has 0 aliphatic rings. The van der Waals surface area contributed by atoms with E-state index in [1.54, 1.807) is 24.3 Å². The number of benzene rings is 1. The molecule has 1 rings (SSSR count). The van der Waals surface area contributed by atoms with E-state index >= 15 is 0 Å². The Morgan fingerprint density at radius 1 is 1.33 bits per heavy atom. The SMILES string of the molecule is Cc1ccc(C(O)C(O)C[N+](=O)[O-])cc1. The number of aliphatic hydroxyl groups is 2. The van der Waals surface area contributed by atoms with Gasteiger partial charge in [-0.3, -0.25) is 10.1 Å². The van der Waals surface area contributed by atoms with E-state index in [1.807, 2.05) is 6.92 Å². The van der Waals surface area contributed by atoms with Crippen molar-refractivity contribution in [2.75, 3.05) is 6.54 Å².